The molecule has 3 aliphatic rings. The quantitative estimate of drug-likeness (QED) is 0.570. The third-order valence-electron chi connectivity index (χ3n) is 7.70. The van der Waals surface area contributed by atoms with Crippen LogP contribution in [0, 0.1) is 36.0 Å². The first-order chi connectivity index (χ1) is 10.0. The summed E-state index contributed by atoms with van der Waals surface area (Å²) in [7, 11) is 0. The van der Waals surface area contributed by atoms with Crippen LogP contribution in [0.1, 0.15) is 69.1 Å². The summed E-state index contributed by atoms with van der Waals surface area (Å²) in [5.41, 5.74) is 5.45. The zero-order chi connectivity index (χ0) is 14.8. The predicted octanol–water partition coefficient (Wildman–Crippen LogP) is 5.73. The van der Waals surface area contributed by atoms with E-state index >= 15 is 0 Å². The summed E-state index contributed by atoms with van der Waals surface area (Å²) in [5.74, 6) is 4.60. The second-order valence-corrected chi connectivity index (χ2v) is 8.70. The van der Waals surface area contributed by atoms with Crippen molar-refractivity contribution in [3.8, 4) is 0 Å². The smallest absolute Gasteiger partial charge is 0.0125 e. The summed E-state index contributed by atoms with van der Waals surface area (Å²) in [5, 5.41) is 0. The Kier molecular flexibility index (Phi) is 3.04. The van der Waals surface area contributed by atoms with Crippen LogP contribution in [-0.4, -0.2) is 0 Å². The van der Waals surface area contributed by atoms with Crippen LogP contribution in [0.15, 0.2) is 18.2 Å². The summed E-state index contributed by atoms with van der Waals surface area (Å²) in [6, 6.07) is 7.28. The Balaban J connectivity index is 1.76. The van der Waals surface area contributed by atoms with Crippen molar-refractivity contribution in [1.82, 2.24) is 0 Å². The lowest BCUT2D eigenvalue weighted by Crippen LogP contribution is -2.44. The molecule has 2 fully saturated rings. The molecule has 114 valence electrons. The summed E-state index contributed by atoms with van der Waals surface area (Å²) < 4.78 is 0. The Bertz CT molecular complexity index is 557. The molecule has 21 heavy (non-hydrogen) atoms. The maximum Gasteiger partial charge on any atom is -0.0125 e. The van der Waals surface area contributed by atoms with Gasteiger partial charge in [0.05, 0.1) is 0 Å². The molecule has 0 aromatic heterocycles. The van der Waals surface area contributed by atoms with Crippen LogP contribution in [0.5, 0.6) is 0 Å². The molecular weight excluding hydrogens is 252 g/mol. The summed E-state index contributed by atoms with van der Waals surface area (Å²) in [6.45, 7) is 9.92. The summed E-state index contributed by atoms with van der Waals surface area (Å²) >= 11 is 0. The number of benzene rings is 1. The highest BCUT2D eigenvalue weighted by atomic mass is 14.6. The Morgan fingerprint density at radius 1 is 1.10 bits per heavy atom. The van der Waals surface area contributed by atoms with Crippen molar-refractivity contribution in [1.29, 1.82) is 0 Å². The highest BCUT2D eigenvalue weighted by Crippen LogP contribution is 2.63. The summed E-state index contributed by atoms with van der Waals surface area (Å²) in [6.07, 6.45) is 7.17. The van der Waals surface area contributed by atoms with Gasteiger partial charge in [0.1, 0.15) is 0 Å². The zero-order valence-corrected chi connectivity index (χ0v) is 14.2. The van der Waals surface area contributed by atoms with Gasteiger partial charge in [0.25, 0.3) is 0 Å². The van der Waals surface area contributed by atoms with Gasteiger partial charge in [-0.15, -0.1) is 0 Å². The lowest BCUT2D eigenvalue weighted by atomic mass is 9.52. The largest absolute Gasteiger partial charge is 0.0620 e. The summed E-state index contributed by atoms with van der Waals surface area (Å²) in [4.78, 5) is 0. The predicted molar refractivity (Wildman–Crippen MR) is 89.5 cm³/mol. The molecule has 6 unspecified atom stereocenters. The topological polar surface area (TPSA) is 0 Å². The number of hydrogen-bond donors (Lipinski definition) is 0. The maximum absolute atomic E-state index is 2.61. The molecule has 0 nitrogen and oxygen atoms in total. The van der Waals surface area contributed by atoms with Crippen molar-refractivity contribution in [3.63, 3.8) is 0 Å². The molecule has 0 radical (unpaired) electrons. The van der Waals surface area contributed by atoms with Gasteiger partial charge >= 0.3 is 0 Å². The van der Waals surface area contributed by atoms with Crippen molar-refractivity contribution >= 4 is 0 Å². The van der Waals surface area contributed by atoms with Crippen LogP contribution in [0.2, 0.25) is 0 Å². The van der Waals surface area contributed by atoms with Gasteiger partial charge in [-0.1, -0.05) is 44.5 Å². The van der Waals surface area contributed by atoms with Crippen molar-refractivity contribution in [2.45, 2.75) is 65.7 Å². The normalized spacial score (nSPS) is 44.9. The van der Waals surface area contributed by atoms with E-state index in [4.69, 9.17) is 0 Å². The van der Waals surface area contributed by atoms with E-state index in [0.717, 1.165) is 29.6 Å². The van der Waals surface area contributed by atoms with Gasteiger partial charge in [-0.05, 0) is 85.2 Å². The van der Waals surface area contributed by atoms with Crippen LogP contribution in [0.25, 0.3) is 0 Å². The van der Waals surface area contributed by atoms with Crippen LogP contribution in [0.4, 0.5) is 0 Å². The molecule has 0 N–H and O–H groups in total. The second kappa shape index (κ2) is 4.61. The molecule has 0 spiro atoms. The third-order valence-corrected chi connectivity index (χ3v) is 7.70. The van der Waals surface area contributed by atoms with E-state index in [9.17, 15) is 0 Å². The Hall–Kier alpha value is -0.780. The molecule has 1 aromatic rings. The van der Waals surface area contributed by atoms with Crippen LogP contribution in [-0.2, 0) is 6.42 Å². The standard InChI is InChI=1S/C21H30/c1-13-5-7-17-16(11-13)12-14(2)20-18(17)9-10-21(4)15(3)6-8-19(20)21/h5,7,11,14-15,18-20H,6,8-10,12H2,1-4H3. The molecule has 0 amide bonds. The highest BCUT2D eigenvalue weighted by Gasteiger charge is 2.54. The van der Waals surface area contributed by atoms with Gasteiger partial charge < -0.3 is 0 Å². The van der Waals surface area contributed by atoms with E-state index in [0.29, 0.717) is 5.41 Å². The van der Waals surface area contributed by atoms with Gasteiger partial charge in [-0.25, -0.2) is 0 Å². The van der Waals surface area contributed by atoms with E-state index in [1.54, 1.807) is 11.1 Å². The van der Waals surface area contributed by atoms with Gasteiger partial charge in [0, 0.05) is 0 Å². The first kappa shape index (κ1) is 13.9. The first-order valence-electron chi connectivity index (χ1n) is 9.10. The Labute approximate surface area is 130 Å². The Morgan fingerprint density at radius 2 is 1.90 bits per heavy atom. The fourth-order valence-corrected chi connectivity index (χ4v) is 6.37. The molecule has 3 aliphatic carbocycles. The molecule has 4 rings (SSSR count). The Morgan fingerprint density at radius 3 is 2.71 bits per heavy atom. The van der Waals surface area contributed by atoms with Gasteiger partial charge in [0.15, 0.2) is 0 Å². The van der Waals surface area contributed by atoms with E-state index in [-0.39, 0.29) is 0 Å². The average Bonchev–Trinajstić information content (AvgIpc) is 2.74. The van der Waals surface area contributed by atoms with Crippen LogP contribution < -0.4 is 0 Å². The lowest BCUT2D eigenvalue weighted by Gasteiger charge is -2.53. The van der Waals surface area contributed by atoms with Crippen LogP contribution >= 0.6 is 0 Å². The minimum Gasteiger partial charge on any atom is -0.0620 e. The second-order valence-electron chi connectivity index (χ2n) is 8.70. The number of fused-ring (bicyclic) bond motifs is 5. The molecule has 2 saturated carbocycles. The minimum atomic E-state index is 0.637. The zero-order valence-electron chi connectivity index (χ0n) is 14.2. The van der Waals surface area contributed by atoms with Crippen molar-refractivity contribution < 1.29 is 0 Å². The van der Waals surface area contributed by atoms with E-state index in [1.807, 2.05) is 0 Å². The van der Waals surface area contributed by atoms with Gasteiger partial charge in [-0.2, -0.15) is 0 Å². The fourth-order valence-electron chi connectivity index (χ4n) is 6.37. The van der Waals surface area contributed by atoms with E-state index in [2.05, 4.69) is 45.9 Å². The van der Waals surface area contributed by atoms with Gasteiger partial charge in [-0.3, -0.25) is 0 Å². The van der Waals surface area contributed by atoms with Crippen molar-refractivity contribution in [3.05, 3.63) is 34.9 Å². The molecule has 6 atom stereocenters. The monoisotopic (exact) mass is 282 g/mol. The van der Waals surface area contributed by atoms with Crippen LogP contribution in [0.3, 0.4) is 0 Å². The number of aryl methyl sites for hydroxylation is 1. The highest BCUT2D eigenvalue weighted by molar-refractivity contribution is 5.38. The fraction of sp³-hybridized carbons (Fsp3) is 0.714. The molecule has 0 heteroatoms. The number of rotatable bonds is 0. The third kappa shape index (κ3) is 1.87. The average molecular weight is 282 g/mol. The molecule has 0 heterocycles. The minimum absolute atomic E-state index is 0.637. The van der Waals surface area contributed by atoms with E-state index in [1.165, 1.54) is 37.7 Å². The molecular formula is C21H30. The molecule has 0 bridgehead atoms. The molecule has 0 aliphatic heterocycles. The number of hydrogen-bond acceptors (Lipinski definition) is 0. The van der Waals surface area contributed by atoms with E-state index < -0.39 is 0 Å². The SMILES string of the molecule is Cc1ccc2c(c1)CC(C)C1C2CCC2(C)C(C)CCC12. The maximum atomic E-state index is 2.61. The molecule has 0 saturated heterocycles. The van der Waals surface area contributed by atoms with Crippen molar-refractivity contribution in [2.24, 2.45) is 29.1 Å². The van der Waals surface area contributed by atoms with Gasteiger partial charge in [0.2, 0.25) is 0 Å². The van der Waals surface area contributed by atoms with Crippen molar-refractivity contribution in [2.75, 3.05) is 0 Å². The lowest BCUT2D eigenvalue weighted by molar-refractivity contribution is 0.0100. The molecule has 1 aromatic carbocycles. The first-order valence-corrected chi connectivity index (χ1v) is 9.10.